The van der Waals surface area contributed by atoms with Gasteiger partial charge in [-0.3, -0.25) is 9.67 Å². The molecule has 0 fully saturated rings. The van der Waals surface area contributed by atoms with E-state index >= 15 is 0 Å². The van der Waals surface area contributed by atoms with E-state index in [4.69, 9.17) is 13.9 Å². The van der Waals surface area contributed by atoms with Gasteiger partial charge >= 0.3 is 12.1 Å². The second-order valence-corrected chi connectivity index (χ2v) is 16.8. The minimum absolute atomic E-state index is 0.110. The fourth-order valence-electron chi connectivity index (χ4n) is 3.56. The predicted octanol–water partition coefficient (Wildman–Crippen LogP) is 6.70. The van der Waals surface area contributed by atoms with E-state index < -0.39 is 26.0 Å². The largest absolute Gasteiger partial charge is 0.544 e. The summed E-state index contributed by atoms with van der Waals surface area (Å²) in [7, 11) is -1.93. The molecular weight excluding hydrogens is 524 g/mol. The number of hydrogen-bond donors (Lipinski definition) is 1. The molecule has 1 N–H and O–H groups in total. The Labute approximate surface area is 238 Å². The van der Waals surface area contributed by atoms with Crippen molar-refractivity contribution in [1.82, 2.24) is 20.1 Å². The van der Waals surface area contributed by atoms with Crippen LogP contribution in [0.25, 0.3) is 22.5 Å². The number of carbonyl (C=O) groups excluding carboxylic acids is 2. The first-order chi connectivity index (χ1) is 18.6. The van der Waals surface area contributed by atoms with Crippen molar-refractivity contribution in [2.24, 2.45) is 0 Å². The number of ether oxygens (including phenoxy) is 2. The molecule has 0 bridgehead atoms. The maximum absolute atomic E-state index is 12.7. The Kier molecular flexibility index (Phi) is 9.45. The molecule has 0 aliphatic rings. The van der Waals surface area contributed by atoms with Gasteiger partial charge in [-0.15, -0.1) is 0 Å². The van der Waals surface area contributed by atoms with Crippen LogP contribution >= 0.6 is 0 Å². The predicted molar refractivity (Wildman–Crippen MR) is 159 cm³/mol. The molecule has 0 aliphatic heterocycles. The van der Waals surface area contributed by atoms with Crippen LogP contribution in [0.15, 0.2) is 48.7 Å². The van der Waals surface area contributed by atoms with E-state index in [1.807, 2.05) is 36.4 Å². The van der Waals surface area contributed by atoms with E-state index in [1.54, 1.807) is 40.0 Å². The minimum atomic E-state index is -1.93. The zero-order valence-corrected chi connectivity index (χ0v) is 26.1. The highest BCUT2D eigenvalue weighted by molar-refractivity contribution is 6.74. The Morgan fingerprint density at radius 1 is 0.950 bits per heavy atom. The SMILES string of the molecule is CCOC(=O)c1cc(-c2ccnc(-c3ccc(O[Si](C)(C)C(C)(C)C)cc3)c2)nn1CCNC(=O)OC(C)(C)C. The van der Waals surface area contributed by atoms with E-state index in [2.05, 4.69) is 49.3 Å². The summed E-state index contributed by atoms with van der Waals surface area (Å²) in [4.78, 5) is 29.2. The monoisotopic (exact) mass is 566 g/mol. The van der Waals surface area contributed by atoms with E-state index in [0.29, 0.717) is 11.4 Å². The Bertz CT molecular complexity index is 1320. The smallest absolute Gasteiger partial charge is 0.407 e. The fraction of sp³-hybridized carbons (Fsp3) is 0.467. The van der Waals surface area contributed by atoms with E-state index in [0.717, 1.165) is 22.6 Å². The van der Waals surface area contributed by atoms with Gasteiger partial charge in [-0.2, -0.15) is 5.10 Å². The molecule has 0 saturated carbocycles. The van der Waals surface area contributed by atoms with E-state index in [9.17, 15) is 9.59 Å². The van der Waals surface area contributed by atoms with Gasteiger partial charge in [-0.05, 0) is 88.3 Å². The number of pyridine rings is 1. The van der Waals surface area contributed by atoms with Gasteiger partial charge in [0, 0.05) is 23.9 Å². The Morgan fingerprint density at radius 3 is 2.23 bits per heavy atom. The molecule has 1 amide bonds. The Balaban J connectivity index is 1.81. The highest BCUT2D eigenvalue weighted by Crippen LogP contribution is 2.37. The van der Waals surface area contributed by atoms with Crippen LogP contribution in [-0.4, -0.2) is 53.9 Å². The third-order valence-corrected chi connectivity index (χ3v) is 11.0. The molecule has 1 aromatic carbocycles. The van der Waals surface area contributed by atoms with Gasteiger partial charge in [0.15, 0.2) is 0 Å². The zero-order chi connectivity index (χ0) is 29.7. The molecule has 2 aromatic heterocycles. The Hall–Kier alpha value is -3.66. The quantitative estimate of drug-likeness (QED) is 0.227. The summed E-state index contributed by atoms with van der Waals surface area (Å²) in [6, 6.07) is 13.4. The normalized spacial score (nSPS) is 12.1. The van der Waals surface area contributed by atoms with Crippen LogP contribution in [0.3, 0.4) is 0 Å². The van der Waals surface area contributed by atoms with Crippen LogP contribution in [0.2, 0.25) is 18.1 Å². The molecular formula is C30H42N4O5Si. The summed E-state index contributed by atoms with van der Waals surface area (Å²) >= 11 is 0. The number of hydrogen-bond acceptors (Lipinski definition) is 7. The zero-order valence-electron chi connectivity index (χ0n) is 25.1. The van der Waals surface area contributed by atoms with Crippen molar-refractivity contribution in [3.8, 4) is 28.3 Å². The highest BCUT2D eigenvalue weighted by atomic mass is 28.4. The molecule has 0 unspecified atom stereocenters. The van der Waals surface area contributed by atoms with E-state index in [-0.39, 0.29) is 24.7 Å². The number of esters is 1. The summed E-state index contributed by atoms with van der Waals surface area (Å²) in [5.74, 6) is 0.370. The average Bonchev–Trinajstić information content (AvgIpc) is 3.27. The summed E-state index contributed by atoms with van der Waals surface area (Å²) in [5, 5.41) is 7.46. The van der Waals surface area contributed by atoms with Crippen molar-refractivity contribution in [2.45, 2.75) is 78.7 Å². The van der Waals surface area contributed by atoms with Gasteiger partial charge in [0.05, 0.1) is 24.5 Å². The first kappa shape index (κ1) is 30.9. The third kappa shape index (κ3) is 8.17. The molecule has 216 valence electrons. The lowest BCUT2D eigenvalue weighted by molar-refractivity contribution is 0.0512. The molecule has 2 heterocycles. The average molecular weight is 567 g/mol. The van der Waals surface area contributed by atoms with Crippen molar-refractivity contribution in [1.29, 1.82) is 0 Å². The van der Waals surface area contributed by atoms with Gasteiger partial charge in [0.2, 0.25) is 8.32 Å². The molecule has 40 heavy (non-hydrogen) atoms. The summed E-state index contributed by atoms with van der Waals surface area (Å²) in [5.41, 5.74) is 2.81. The summed E-state index contributed by atoms with van der Waals surface area (Å²) < 4.78 is 18.5. The maximum atomic E-state index is 12.7. The molecule has 10 heteroatoms. The molecule has 0 aliphatic carbocycles. The number of carbonyl (C=O) groups is 2. The first-order valence-corrected chi connectivity index (χ1v) is 16.5. The van der Waals surface area contributed by atoms with Crippen molar-refractivity contribution < 1.29 is 23.5 Å². The number of nitrogens with zero attached hydrogens (tertiary/aromatic N) is 3. The van der Waals surface area contributed by atoms with Gasteiger partial charge in [-0.1, -0.05) is 20.8 Å². The maximum Gasteiger partial charge on any atom is 0.407 e. The highest BCUT2D eigenvalue weighted by Gasteiger charge is 2.38. The van der Waals surface area contributed by atoms with Gasteiger partial charge in [0.25, 0.3) is 0 Å². The topological polar surface area (TPSA) is 105 Å². The van der Waals surface area contributed by atoms with Crippen LogP contribution in [0, 0.1) is 0 Å². The standard InChI is InChI=1S/C30H42N4O5Si/c1-10-37-27(35)26-20-25(33-34(26)18-17-32-28(36)38-29(2,3)4)22-15-16-31-24(19-22)21-11-13-23(14-12-21)39-40(8,9)30(5,6)7/h11-16,19-20H,10,17-18H2,1-9H3,(H,32,36). The molecule has 3 rings (SSSR count). The molecule has 3 aromatic rings. The van der Waals surface area contributed by atoms with Crippen molar-refractivity contribution in [3.05, 3.63) is 54.4 Å². The second-order valence-electron chi connectivity index (χ2n) is 12.1. The molecule has 9 nitrogen and oxygen atoms in total. The summed E-state index contributed by atoms with van der Waals surface area (Å²) in [6.07, 6.45) is 1.19. The van der Waals surface area contributed by atoms with Crippen molar-refractivity contribution in [3.63, 3.8) is 0 Å². The van der Waals surface area contributed by atoms with Crippen LogP contribution in [-0.2, 0) is 16.0 Å². The van der Waals surface area contributed by atoms with Gasteiger partial charge < -0.3 is 19.2 Å². The third-order valence-electron chi connectivity index (χ3n) is 6.64. The van der Waals surface area contributed by atoms with Gasteiger partial charge in [-0.25, -0.2) is 9.59 Å². The number of rotatable bonds is 9. The molecule has 0 radical (unpaired) electrons. The Morgan fingerprint density at radius 2 is 1.62 bits per heavy atom. The van der Waals surface area contributed by atoms with E-state index in [1.165, 1.54) is 4.68 Å². The number of amides is 1. The molecule has 0 atom stereocenters. The lowest BCUT2D eigenvalue weighted by Crippen LogP contribution is -2.43. The lowest BCUT2D eigenvalue weighted by Gasteiger charge is -2.36. The lowest BCUT2D eigenvalue weighted by atomic mass is 10.1. The van der Waals surface area contributed by atoms with Crippen LogP contribution in [0.4, 0.5) is 4.79 Å². The van der Waals surface area contributed by atoms with Gasteiger partial charge in [0.1, 0.15) is 17.0 Å². The minimum Gasteiger partial charge on any atom is -0.544 e. The molecule has 0 saturated heterocycles. The number of benzene rings is 1. The number of aromatic nitrogens is 3. The van der Waals surface area contributed by atoms with Crippen molar-refractivity contribution >= 4 is 20.4 Å². The fourth-order valence-corrected chi connectivity index (χ4v) is 4.60. The second kappa shape index (κ2) is 12.2. The van der Waals surface area contributed by atoms with Crippen LogP contribution < -0.4 is 9.74 Å². The summed E-state index contributed by atoms with van der Waals surface area (Å²) in [6.45, 7) is 19.0. The first-order valence-electron chi connectivity index (χ1n) is 13.6. The number of alkyl carbamates (subject to hydrolysis) is 1. The van der Waals surface area contributed by atoms with Crippen LogP contribution in [0.5, 0.6) is 5.75 Å². The molecule has 0 spiro atoms. The van der Waals surface area contributed by atoms with Crippen molar-refractivity contribution in [2.75, 3.05) is 13.2 Å². The van der Waals surface area contributed by atoms with Crippen LogP contribution in [0.1, 0.15) is 59.0 Å². The number of nitrogens with one attached hydrogen (secondary N) is 1.